The lowest BCUT2D eigenvalue weighted by Crippen LogP contribution is -1.85. The number of hydrogen-bond donors (Lipinski definition) is 1. The summed E-state index contributed by atoms with van der Waals surface area (Å²) in [5.41, 5.74) is 3.39. The first-order valence-electron chi connectivity index (χ1n) is 7.14. The fourth-order valence-corrected chi connectivity index (χ4v) is 2.47. The standard InChI is InChI=1S/C19H14N2O/c1-2-6-18-15(4-1)12-19(21-18)14-7-9-16(10-8-14)22-17-5-3-11-20-13-17/h1-13,21H. The Balaban J connectivity index is 1.61. The van der Waals surface area contributed by atoms with Crippen LogP contribution in [0.2, 0.25) is 0 Å². The molecule has 0 atom stereocenters. The Hall–Kier alpha value is -3.07. The van der Waals surface area contributed by atoms with Gasteiger partial charge in [-0.25, -0.2) is 0 Å². The van der Waals surface area contributed by atoms with Crippen LogP contribution in [-0.2, 0) is 0 Å². The minimum absolute atomic E-state index is 0.737. The van der Waals surface area contributed by atoms with Gasteiger partial charge in [-0.15, -0.1) is 0 Å². The maximum Gasteiger partial charge on any atom is 0.145 e. The molecule has 0 aliphatic heterocycles. The maximum atomic E-state index is 5.76. The third-order valence-electron chi connectivity index (χ3n) is 3.57. The minimum Gasteiger partial charge on any atom is -0.456 e. The summed E-state index contributed by atoms with van der Waals surface area (Å²) in [5.74, 6) is 1.54. The predicted molar refractivity (Wildman–Crippen MR) is 88.0 cm³/mol. The highest BCUT2D eigenvalue weighted by atomic mass is 16.5. The number of para-hydroxylation sites is 1. The molecule has 22 heavy (non-hydrogen) atoms. The van der Waals surface area contributed by atoms with Crippen molar-refractivity contribution in [1.29, 1.82) is 0 Å². The summed E-state index contributed by atoms with van der Waals surface area (Å²) in [4.78, 5) is 7.47. The number of nitrogens with zero attached hydrogens (tertiary/aromatic N) is 1. The van der Waals surface area contributed by atoms with Gasteiger partial charge in [-0.3, -0.25) is 4.98 Å². The van der Waals surface area contributed by atoms with Crippen LogP contribution >= 0.6 is 0 Å². The molecule has 0 spiro atoms. The molecule has 4 aromatic rings. The molecule has 4 rings (SSSR count). The Morgan fingerprint density at radius 3 is 2.45 bits per heavy atom. The molecule has 3 nitrogen and oxygen atoms in total. The van der Waals surface area contributed by atoms with E-state index in [0.29, 0.717) is 0 Å². The molecular formula is C19H14N2O. The fourth-order valence-electron chi connectivity index (χ4n) is 2.47. The number of aromatic nitrogens is 2. The summed E-state index contributed by atoms with van der Waals surface area (Å²) in [5, 5.41) is 1.22. The van der Waals surface area contributed by atoms with Gasteiger partial charge < -0.3 is 9.72 Å². The van der Waals surface area contributed by atoms with Gasteiger partial charge in [0, 0.05) is 22.8 Å². The molecule has 0 bridgehead atoms. The van der Waals surface area contributed by atoms with Crippen LogP contribution in [0.3, 0.4) is 0 Å². The van der Waals surface area contributed by atoms with Crippen LogP contribution in [0.1, 0.15) is 0 Å². The van der Waals surface area contributed by atoms with Crippen LogP contribution in [-0.4, -0.2) is 9.97 Å². The first-order chi connectivity index (χ1) is 10.9. The SMILES string of the molecule is c1cncc(Oc2ccc(-c3cc4ccccc4[nH]3)cc2)c1. The van der Waals surface area contributed by atoms with Crippen LogP contribution in [0, 0.1) is 0 Å². The number of hydrogen-bond acceptors (Lipinski definition) is 2. The molecule has 0 saturated carbocycles. The number of ether oxygens (including phenoxy) is 1. The molecule has 2 aromatic carbocycles. The molecule has 106 valence electrons. The Labute approximate surface area is 128 Å². The quantitative estimate of drug-likeness (QED) is 0.574. The molecule has 0 saturated heterocycles. The first-order valence-corrected chi connectivity index (χ1v) is 7.14. The monoisotopic (exact) mass is 286 g/mol. The van der Waals surface area contributed by atoms with E-state index in [1.807, 2.05) is 36.4 Å². The van der Waals surface area contributed by atoms with Crippen LogP contribution in [0.4, 0.5) is 0 Å². The third kappa shape index (κ3) is 2.44. The van der Waals surface area contributed by atoms with E-state index in [1.165, 1.54) is 5.39 Å². The predicted octanol–water partition coefficient (Wildman–Crippen LogP) is 5.02. The summed E-state index contributed by atoms with van der Waals surface area (Å²) in [7, 11) is 0. The number of aromatic amines is 1. The zero-order valence-electron chi connectivity index (χ0n) is 11.9. The summed E-state index contributed by atoms with van der Waals surface area (Å²) in [6.07, 6.45) is 3.43. The van der Waals surface area contributed by atoms with Crippen molar-refractivity contribution >= 4 is 10.9 Å². The van der Waals surface area contributed by atoms with Gasteiger partial charge in [0.2, 0.25) is 0 Å². The highest BCUT2D eigenvalue weighted by Crippen LogP contribution is 2.27. The van der Waals surface area contributed by atoms with Crippen LogP contribution < -0.4 is 4.74 Å². The number of rotatable bonds is 3. The number of fused-ring (bicyclic) bond motifs is 1. The van der Waals surface area contributed by atoms with Crippen molar-refractivity contribution in [2.24, 2.45) is 0 Å². The second-order valence-corrected chi connectivity index (χ2v) is 5.09. The fraction of sp³-hybridized carbons (Fsp3) is 0. The van der Waals surface area contributed by atoms with Crippen molar-refractivity contribution in [1.82, 2.24) is 9.97 Å². The van der Waals surface area contributed by atoms with E-state index < -0.39 is 0 Å². The lowest BCUT2D eigenvalue weighted by molar-refractivity contribution is 0.480. The van der Waals surface area contributed by atoms with Gasteiger partial charge in [0.1, 0.15) is 11.5 Å². The third-order valence-corrected chi connectivity index (χ3v) is 3.57. The van der Waals surface area contributed by atoms with Gasteiger partial charge in [-0.1, -0.05) is 18.2 Å². The molecule has 0 unspecified atom stereocenters. The zero-order valence-corrected chi connectivity index (χ0v) is 11.9. The van der Waals surface area contributed by atoms with Crippen LogP contribution in [0.5, 0.6) is 11.5 Å². The molecule has 2 aromatic heterocycles. The number of benzene rings is 2. The Bertz CT molecular complexity index is 863. The molecule has 2 heterocycles. The second-order valence-electron chi connectivity index (χ2n) is 5.09. The maximum absolute atomic E-state index is 5.76. The van der Waals surface area contributed by atoms with E-state index in [1.54, 1.807) is 12.4 Å². The molecule has 0 amide bonds. The lowest BCUT2D eigenvalue weighted by Gasteiger charge is -2.05. The number of pyridine rings is 1. The Morgan fingerprint density at radius 2 is 1.68 bits per heavy atom. The molecule has 0 radical (unpaired) electrons. The van der Waals surface area contributed by atoms with Gasteiger partial charge in [0.15, 0.2) is 0 Å². The van der Waals surface area contributed by atoms with E-state index >= 15 is 0 Å². The summed E-state index contributed by atoms with van der Waals surface area (Å²) >= 11 is 0. The molecule has 1 N–H and O–H groups in total. The van der Waals surface area contributed by atoms with Crippen molar-refractivity contribution in [3.8, 4) is 22.8 Å². The summed E-state index contributed by atoms with van der Waals surface area (Å²) < 4.78 is 5.76. The number of H-pyrrole nitrogens is 1. The van der Waals surface area contributed by atoms with Gasteiger partial charge in [-0.2, -0.15) is 0 Å². The highest BCUT2D eigenvalue weighted by molar-refractivity contribution is 5.85. The molecule has 0 aliphatic rings. The average molecular weight is 286 g/mol. The van der Waals surface area contributed by atoms with E-state index in [2.05, 4.69) is 40.3 Å². The Morgan fingerprint density at radius 1 is 0.818 bits per heavy atom. The molecule has 0 aliphatic carbocycles. The number of nitrogens with one attached hydrogen (secondary N) is 1. The average Bonchev–Trinajstić information content (AvgIpc) is 3.00. The Kier molecular flexibility index (Phi) is 3.09. The van der Waals surface area contributed by atoms with Crippen molar-refractivity contribution in [2.45, 2.75) is 0 Å². The van der Waals surface area contributed by atoms with Crippen LogP contribution in [0.15, 0.2) is 79.1 Å². The first kappa shape index (κ1) is 12.7. The second kappa shape index (κ2) is 5.37. The van der Waals surface area contributed by atoms with Crippen molar-refractivity contribution < 1.29 is 4.74 Å². The smallest absolute Gasteiger partial charge is 0.145 e. The van der Waals surface area contributed by atoms with Gasteiger partial charge >= 0.3 is 0 Å². The highest BCUT2D eigenvalue weighted by Gasteiger charge is 2.03. The van der Waals surface area contributed by atoms with Crippen molar-refractivity contribution in [3.05, 3.63) is 79.1 Å². The van der Waals surface area contributed by atoms with E-state index in [0.717, 1.165) is 28.3 Å². The summed E-state index contributed by atoms with van der Waals surface area (Å²) in [6.45, 7) is 0. The largest absolute Gasteiger partial charge is 0.456 e. The van der Waals surface area contributed by atoms with E-state index in [4.69, 9.17) is 4.74 Å². The van der Waals surface area contributed by atoms with Crippen molar-refractivity contribution in [2.75, 3.05) is 0 Å². The van der Waals surface area contributed by atoms with Crippen molar-refractivity contribution in [3.63, 3.8) is 0 Å². The molecule has 0 fully saturated rings. The van der Waals surface area contributed by atoms with Crippen LogP contribution in [0.25, 0.3) is 22.2 Å². The minimum atomic E-state index is 0.737. The van der Waals surface area contributed by atoms with Gasteiger partial charge in [-0.05, 0) is 54.1 Å². The lowest BCUT2D eigenvalue weighted by atomic mass is 10.1. The van der Waals surface area contributed by atoms with E-state index in [-0.39, 0.29) is 0 Å². The zero-order chi connectivity index (χ0) is 14.8. The van der Waals surface area contributed by atoms with Gasteiger partial charge in [0.25, 0.3) is 0 Å². The topological polar surface area (TPSA) is 37.9 Å². The van der Waals surface area contributed by atoms with Gasteiger partial charge in [0.05, 0.1) is 6.20 Å². The summed E-state index contributed by atoms with van der Waals surface area (Å²) in [6, 6.07) is 22.2. The normalized spacial score (nSPS) is 10.7. The molecule has 3 heteroatoms. The molecular weight excluding hydrogens is 272 g/mol. The van der Waals surface area contributed by atoms with E-state index in [9.17, 15) is 0 Å².